The van der Waals surface area contributed by atoms with Gasteiger partial charge in [-0.1, -0.05) is 19.1 Å². The maximum Gasteiger partial charge on any atom is 0.0456 e. The van der Waals surface area contributed by atoms with E-state index >= 15 is 0 Å². The van der Waals surface area contributed by atoms with E-state index in [4.69, 9.17) is 5.11 Å². The molecular formula is C11H15IO. The van der Waals surface area contributed by atoms with Crippen molar-refractivity contribution in [1.82, 2.24) is 0 Å². The van der Waals surface area contributed by atoms with Gasteiger partial charge in [-0.15, -0.1) is 0 Å². The highest BCUT2D eigenvalue weighted by molar-refractivity contribution is 14.1. The summed E-state index contributed by atoms with van der Waals surface area (Å²) in [6, 6.07) is 8.57. The number of hydrogen-bond donors (Lipinski definition) is 1. The molecular weight excluding hydrogens is 275 g/mol. The highest BCUT2D eigenvalue weighted by atomic mass is 127. The zero-order valence-electron chi connectivity index (χ0n) is 7.83. The minimum Gasteiger partial charge on any atom is -0.396 e. The summed E-state index contributed by atoms with van der Waals surface area (Å²) in [6.07, 6.45) is 2.13. The van der Waals surface area contributed by atoms with Crippen molar-refractivity contribution in [3.63, 3.8) is 0 Å². The molecule has 13 heavy (non-hydrogen) atoms. The maximum atomic E-state index is 8.86. The van der Waals surface area contributed by atoms with E-state index < -0.39 is 0 Å². The number of benzene rings is 1. The summed E-state index contributed by atoms with van der Waals surface area (Å²) in [5, 5.41) is 8.86. The largest absolute Gasteiger partial charge is 0.396 e. The Morgan fingerprint density at radius 1 is 1.31 bits per heavy atom. The van der Waals surface area contributed by atoms with Gasteiger partial charge in [0, 0.05) is 10.2 Å². The lowest BCUT2D eigenvalue weighted by Gasteiger charge is -2.06. The SMILES string of the molecule is CC(CO)CCc1ccc(I)cc1. The van der Waals surface area contributed by atoms with Gasteiger partial charge in [-0.3, -0.25) is 0 Å². The first-order valence-corrected chi connectivity index (χ1v) is 5.65. The van der Waals surface area contributed by atoms with Crippen LogP contribution in [0.15, 0.2) is 24.3 Å². The normalized spacial score (nSPS) is 12.8. The van der Waals surface area contributed by atoms with Crippen LogP contribution in [0.1, 0.15) is 18.9 Å². The van der Waals surface area contributed by atoms with Crippen LogP contribution in [0.2, 0.25) is 0 Å². The quantitative estimate of drug-likeness (QED) is 0.845. The molecule has 0 saturated carbocycles. The van der Waals surface area contributed by atoms with Crippen molar-refractivity contribution < 1.29 is 5.11 Å². The molecule has 0 aliphatic carbocycles. The van der Waals surface area contributed by atoms with Crippen LogP contribution >= 0.6 is 22.6 Å². The Kier molecular flexibility index (Phi) is 4.73. The number of halogens is 1. The lowest BCUT2D eigenvalue weighted by atomic mass is 10.0. The third-order valence-corrected chi connectivity index (χ3v) is 2.87. The molecule has 0 aromatic heterocycles. The average Bonchev–Trinajstić information content (AvgIpc) is 2.16. The molecule has 0 amide bonds. The monoisotopic (exact) mass is 290 g/mol. The number of aliphatic hydroxyl groups is 1. The van der Waals surface area contributed by atoms with Crippen LogP contribution in [0.5, 0.6) is 0 Å². The van der Waals surface area contributed by atoms with Gasteiger partial charge in [0.2, 0.25) is 0 Å². The highest BCUT2D eigenvalue weighted by Gasteiger charge is 2.00. The van der Waals surface area contributed by atoms with Gasteiger partial charge in [-0.05, 0) is 59.0 Å². The second kappa shape index (κ2) is 5.60. The van der Waals surface area contributed by atoms with Crippen molar-refractivity contribution in [3.8, 4) is 0 Å². The average molecular weight is 290 g/mol. The molecule has 0 saturated heterocycles. The Balaban J connectivity index is 2.41. The third kappa shape index (κ3) is 4.09. The van der Waals surface area contributed by atoms with Gasteiger partial charge in [0.05, 0.1) is 0 Å². The first-order chi connectivity index (χ1) is 6.22. The zero-order chi connectivity index (χ0) is 9.68. The van der Waals surface area contributed by atoms with Gasteiger partial charge < -0.3 is 5.11 Å². The molecule has 1 rings (SSSR count). The molecule has 1 N–H and O–H groups in total. The smallest absolute Gasteiger partial charge is 0.0456 e. The van der Waals surface area contributed by atoms with Gasteiger partial charge in [0.25, 0.3) is 0 Å². The lowest BCUT2D eigenvalue weighted by molar-refractivity contribution is 0.230. The van der Waals surface area contributed by atoms with Gasteiger partial charge in [0.1, 0.15) is 0 Å². The molecule has 0 bridgehead atoms. The Morgan fingerprint density at radius 2 is 1.92 bits per heavy atom. The summed E-state index contributed by atoms with van der Waals surface area (Å²) in [7, 11) is 0. The standard InChI is InChI=1S/C11H15IO/c1-9(8-13)2-3-10-4-6-11(12)7-5-10/h4-7,9,13H,2-3,8H2,1H3. The molecule has 1 atom stereocenters. The van der Waals surface area contributed by atoms with Gasteiger partial charge in [0.15, 0.2) is 0 Å². The molecule has 0 spiro atoms. The number of aryl methyl sites for hydroxylation is 1. The van der Waals surface area contributed by atoms with Crippen LogP contribution in [-0.2, 0) is 6.42 Å². The molecule has 1 aromatic carbocycles. The zero-order valence-corrected chi connectivity index (χ0v) is 9.99. The van der Waals surface area contributed by atoms with E-state index in [0.717, 1.165) is 12.8 Å². The van der Waals surface area contributed by atoms with E-state index in [0.29, 0.717) is 12.5 Å². The van der Waals surface area contributed by atoms with Gasteiger partial charge in [-0.25, -0.2) is 0 Å². The maximum absolute atomic E-state index is 8.86. The van der Waals surface area contributed by atoms with Gasteiger partial charge >= 0.3 is 0 Å². The number of hydrogen-bond acceptors (Lipinski definition) is 1. The summed E-state index contributed by atoms with van der Waals surface area (Å²) in [4.78, 5) is 0. The first kappa shape index (κ1) is 11.0. The van der Waals surface area contributed by atoms with E-state index in [1.807, 2.05) is 0 Å². The van der Waals surface area contributed by atoms with Crippen molar-refractivity contribution >= 4 is 22.6 Å². The van der Waals surface area contributed by atoms with Crippen LogP contribution in [0, 0.1) is 9.49 Å². The number of rotatable bonds is 4. The van der Waals surface area contributed by atoms with Crippen molar-refractivity contribution in [2.75, 3.05) is 6.61 Å². The van der Waals surface area contributed by atoms with Crippen LogP contribution < -0.4 is 0 Å². The van der Waals surface area contributed by atoms with Gasteiger partial charge in [-0.2, -0.15) is 0 Å². The number of aliphatic hydroxyl groups excluding tert-OH is 1. The molecule has 0 aliphatic heterocycles. The molecule has 1 aromatic rings. The minimum atomic E-state index is 0.296. The highest BCUT2D eigenvalue weighted by Crippen LogP contribution is 2.11. The fourth-order valence-corrected chi connectivity index (χ4v) is 1.52. The second-order valence-electron chi connectivity index (χ2n) is 3.45. The Labute approximate surface area is 93.3 Å². The molecule has 1 unspecified atom stereocenters. The fraction of sp³-hybridized carbons (Fsp3) is 0.455. The van der Waals surface area contributed by atoms with Crippen molar-refractivity contribution in [3.05, 3.63) is 33.4 Å². The molecule has 0 radical (unpaired) electrons. The second-order valence-corrected chi connectivity index (χ2v) is 4.70. The summed E-state index contributed by atoms with van der Waals surface area (Å²) >= 11 is 2.31. The van der Waals surface area contributed by atoms with Crippen LogP contribution in [0.25, 0.3) is 0 Å². The fourth-order valence-electron chi connectivity index (χ4n) is 1.16. The van der Waals surface area contributed by atoms with E-state index in [1.165, 1.54) is 9.13 Å². The minimum absolute atomic E-state index is 0.296. The van der Waals surface area contributed by atoms with Crippen molar-refractivity contribution in [1.29, 1.82) is 0 Å². The van der Waals surface area contributed by atoms with Crippen molar-refractivity contribution in [2.24, 2.45) is 5.92 Å². The van der Waals surface area contributed by atoms with Crippen molar-refractivity contribution in [2.45, 2.75) is 19.8 Å². The predicted molar refractivity (Wildman–Crippen MR) is 63.7 cm³/mol. The molecule has 0 fully saturated rings. The summed E-state index contributed by atoms with van der Waals surface area (Å²) < 4.78 is 1.27. The topological polar surface area (TPSA) is 20.2 Å². The Morgan fingerprint density at radius 3 is 2.46 bits per heavy atom. The first-order valence-electron chi connectivity index (χ1n) is 4.57. The third-order valence-electron chi connectivity index (χ3n) is 2.15. The molecule has 1 nitrogen and oxygen atoms in total. The van der Waals surface area contributed by atoms with Crippen LogP contribution in [-0.4, -0.2) is 11.7 Å². The molecule has 2 heteroatoms. The Hall–Kier alpha value is -0.0900. The Bertz CT molecular complexity index is 243. The van der Waals surface area contributed by atoms with E-state index in [-0.39, 0.29) is 0 Å². The molecule has 0 aliphatic rings. The van der Waals surface area contributed by atoms with E-state index in [2.05, 4.69) is 53.8 Å². The molecule has 72 valence electrons. The van der Waals surface area contributed by atoms with E-state index in [9.17, 15) is 0 Å². The summed E-state index contributed by atoms with van der Waals surface area (Å²) in [5.41, 5.74) is 1.36. The van der Waals surface area contributed by atoms with Crippen LogP contribution in [0.3, 0.4) is 0 Å². The molecule has 0 heterocycles. The summed E-state index contributed by atoms with van der Waals surface area (Å²) in [6.45, 7) is 2.37. The predicted octanol–water partition coefficient (Wildman–Crippen LogP) is 2.85. The summed E-state index contributed by atoms with van der Waals surface area (Å²) in [5.74, 6) is 0.416. The lowest BCUT2D eigenvalue weighted by Crippen LogP contribution is -2.01. The van der Waals surface area contributed by atoms with Crippen LogP contribution in [0.4, 0.5) is 0 Å². The van der Waals surface area contributed by atoms with E-state index in [1.54, 1.807) is 0 Å².